The average Bonchev–Trinajstić information content (AvgIpc) is 3.32. The molecular formula is C17H18N4OS2. The minimum Gasteiger partial charge on any atom is -0.315 e. The van der Waals surface area contributed by atoms with Gasteiger partial charge in [0.05, 0.1) is 16.3 Å². The Kier molecular flexibility index (Phi) is 4.20. The second-order valence-corrected chi connectivity index (χ2v) is 7.96. The summed E-state index contributed by atoms with van der Waals surface area (Å²) >= 11 is 3.22. The summed E-state index contributed by atoms with van der Waals surface area (Å²) in [6, 6.07) is 8.12. The van der Waals surface area contributed by atoms with Crippen molar-refractivity contribution in [1.29, 1.82) is 0 Å². The van der Waals surface area contributed by atoms with Crippen molar-refractivity contribution in [2.24, 2.45) is 0 Å². The molecule has 1 unspecified atom stereocenters. The summed E-state index contributed by atoms with van der Waals surface area (Å²) in [6.07, 6.45) is 4.73. The van der Waals surface area contributed by atoms with Crippen LogP contribution >= 0.6 is 22.7 Å². The standard InChI is InChI=1S/C17H18N4OS2/c1-2-11-10-18-16(23-11)20-17(22)21-9-5-7-13(21)15-19-12-6-3-4-8-14(12)24-15/h3-4,6,8,10,13H,2,5,7,9H2,1H3,(H,18,20,22). The van der Waals surface area contributed by atoms with Gasteiger partial charge in [-0.1, -0.05) is 19.1 Å². The largest absolute Gasteiger partial charge is 0.324 e. The van der Waals surface area contributed by atoms with Crippen LogP contribution in [0, 0.1) is 0 Å². The predicted molar refractivity (Wildman–Crippen MR) is 98.8 cm³/mol. The number of thiazole rings is 2. The van der Waals surface area contributed by atoms with Crippen molar-refractivity contribution < 1.29 is 4.79 Å². The van der Waals surface area contributed by atoms with Crippen molar-refractivity contribution in [3.63, 3.8) is 0 Å². The van der Waals surface area contributed by atoms with Gasteiger partial charge in [0.15, 0.2) is 5.13 Å². The summed E-state index contributed by atoms with van der Waals surface area (Å²) in [4.78, 5) is 24.8. The molecule has 1 fully saturated rings. The maximum atomic E-state index is 12.7. The highest BCUT2D eigenvalue weighted by Crippen LogP contribution is 2.36. The van der Waals surface area contributed by atoms with Crippen LogP contribution in [-0.2, 0) is 6.42 Å². The van der Waals surface area contributed by atoms with Crippen molar-refractivity contribution in [3.05, 3.63) is 40.3 Å². The van der Waals surface area contributed by atoms with Crippen molar-refractivity contribution in [2.45, 2.75) is 32.2 Å². The second kappa shape index (κ2) is 6.49. The molecule has 2 amide bonds. The highest BCUT2D eigenvalue weighted by Gasteiger charge is 2.32. The molecule has 24 heavy (non-hydrogen) atoms. The zero-order chi connectivity index (χ0) is 16.5. The molecule has 3 aromatic rings. The maximum absolute atomic E-state index is 12.7. The molecule has 4 rings (SSSR count). The van der Waals surface area contributed by atoms with Crippen LogP contribution in [0.3, 0.4) is 0 Å². The Balaban J connectivity index is 1.54. The Morgan fingerprint density at radius 1 is 1.38 bits per heavy atom. The number of anilines is 1. The number of carbonyl (C=O) groups excluding carboxylic acids is 1. The van der Waals surface area contributed by atoms with Crippen LogP contribution in [0.15, 0.2) is 30.5 Å². The van der Waals surface area contributed by atoms with Crippen molar-refractivity contribution in [2.75, 3.05) is 11.9 Å². The number of likely N-dealkylation sites (tertiary alicyclic amines) is 1. The van der Waals surface area contributed by atoms with Crippen LogP contribution in [0.1, 0.15) is 35.7 Å². The number of nitrogens with one attached hydrogen (secondary N) is 1. The van der Waals surface area contributed by atoms with E-state index in [9.17, 15) is 4.79 Å². The van der Waals surface area contributed by atoms with Gasteiger partial charge < -0.3 is 4.90 Å². The van der Waals surface area contributed by atoms with Crippen LogP contribution in [0.2, 0.25) is 0 Å². The monoisotopic (exact) mass is 358 g/mol. The molecule has 0 saturated carbocycles. The molecule has 7 heteroatoms. The van der Waals surface area contributed by atoms with Crippen LogP contribution < -0.4 is 5.32 Å². The molecule has 124 valence electrons. The minimum atomic E-state index is -0.0752. The lowest BCUT2D eigenvalue weighted by atomic mass is 10.2. The van der Waals surface area contributed by atoms with E-state index in [0.717, 1.165) is 36.3 Å². The number of hydrogen-bond donors (Lipinski definition) is 1. The van der Waals surface area contributed by atoms with E-state index in [1.54, 1.807) is 11.3 Å². The molecular weight excluding hydrogens is 340 g/mol. The number of hydrogen-bond acceptors (Lipinski definition) is 5. The van der Waals surface area contributed by atoms with Gasteiger partial charge in [0.2, 0.25) is 0 Å². The highest BCUT2D eigenvalue weighted by molar-refractivity contribution is 7.18. The first-order valence-electron chi connectivity index (χ1n) is 8.12. The van der Waals surface area contributed by atoms with Crippen molar-refractivity contribution in [3.8, 4) is 0 Å². The zero-order valence-electron chi connectivity index (χ0n) is 13.4. The van der Waals surface area contributed by atoms with E-state index in [4.69, 9.17) is 4.98 Å². The predicted octanol–water partition coefficient (Wildman–Crippen LogP) is 4.68. The fourth-order valence-corrected chi connectivity index (χ4v) is 4.85. The zero-order valence-corrected chi connectivity index (χ0v) is 15.0. The fourth-order valence-electron chi connectivity index (χ4n) is 2.99. The Morgan fingerprint density at radius 2 is 2.25 bits per heavy atom. The quantitative estimate of drug-likeness (QED) is 0.739. The molecule has 3 heterocycles. The third-order valence-corrected chi connectivity index (χ3v) is 6.42. The number of para-hydroxylation sites is 1. The number of benzene rings is 1. The van der Waals surface area contributed by atoms with Gasteiger partial charge in [-0.05, 0) is 31.4 Å². The molecule has 1 atom stereocenters. The summed E-state index contributed by atoms with van der Waals surface area (Å²) in [6.45, 7) is 2.85. The fraction of sp³-hybridized carbons (Fsp3) is 0.353. The normalized spacial score (nSPS) is 17.5. The first-order chi connectivity index (χ1) is 11.7. The summed E-state index contributed by atoms with van der Waals surface area (Å²) in [5, 5.41) is 4.64. The molecule has 0 spiro atoms. The number of rotatable bonds is 3. The first-order valence-corrected chi connectivity index (χ1v) is 9.75. The van der Waals surface area contributed by atoms with Gasteiger partial charge in [-0.3, -0.25) is 5.32 Å². The number of amides is 2. The number of fused-ring (bicyclic) bond motifs is 1. The van der Waals surface area contributed by atoms with E-state index in [1.807, 2.05) is 29.3 Å². The average molecular weight is 358 g/mol. The van der Waals surface area contributed by atoms with E-state index >= 15 is 0 Å². The topological polar surface area (TPSA) is 58.1 Å². The van der Waals surface area contributed by atoms with Crippen LogP contribution in [0.4, 0.5) is 9.93 Å². The number of nitrogens with zero attached hydrogens (tertiary/aromatic N) is 3. The van der Waals surface area contributed by atoms with E-state index < -0.39 is 0 Å². The minimum absolute atomic E-state index is 0.0630. The van der Waals surface area contributed by atoms with Crippen LogP contribution in [0.5, 0.6) is 0 Å². The van der Waals surface area contributed by atoms with E-state index in [0.29, 0.717) is 5.13 Å². The van der Waals surface area contributed by atoms with Gasteiger partial charge in [0.1, 0.15) is 5.01 Å². The molecule has 0 bridgehead atoms. The lowest BCUT2D eigenvalue weighted by Gasteiger charge is -2.22. The van der Waals surface area contributed by atoms with Gasteiger partial charge in [-0.15, -0.1) is 22.7 Å². The third-order valence-electron chi connectivity index (χ3n) is 4.23. The lowest BCUT2D eigenvalue weighted by molar-refractivity contribution is 0.207. The van der Waals surface area contributed by atoms with Gasteiger partial charge in [0.25, 0.3) is 0 Å². The SMILES string of the molecule is CCc1cnc(NC(=O)N2CCCC2c2nc3ccccc3s2)s1. The van der Waals surface area contributed by atoms with Crippen LogP contribution in [-0.4, -0.2) is 27.4 Å². The molecule has 0 radical (unpaired) electrons. The smallest absolute Gasteiger partial charge is 0.315 e. The lowest BCUT2D eigenvalue weighted by Crippen LogP contribution is -2.34. The molecule has 0 aliphatic carbocycles. The number of carbonyl (C=O) groups is 1. The third kappa shape index (κ3) is 2.89. The van der Waals surface area contributed by atoms with Gasteiger partial charge in [-0.2, -0.15) is 0 Å². The summed E-state index contributed by atoms with van der Waals surface area (Å²) in [5.74, 6) is 0. The van der Waals surface area contributed by atoms with Crippen molar-refractivity contribution >= 4 is 44.1 Å². The number of aryl methyl sites for hydroxylation is 1. The van der Waals surface area contributed by atoms with E-state index in [1.165, 1.54) is 20.9 Å². The number of aromatic nitrogens is 2. The van der Waals surface area contributed by atoms with E-state index in [2.05, 4.69) is 23.3 Å². The van der Waals surface area contributed by atoms with Gasteiger partial charge >= 0.3 is 6.03 Å². The van der Waals surface area contributed by atoms with E-state index in [-0.39, 0.29) is 12.1 Å². The van der Waals surface area contributed by atoms with Gasteiger partial charge in [-0.25, -0.2) is 14.8 Å². The van der Waals surface area contributed by atoms with Gasteiger partial charge in [0, 0.05) is 17.6 Å². The number of urea groups is 1. The first kappa shape index (κ1) is 15.5. The Labute approximate surface area is 148 Å². The molecule has 1 aliphatic rings. The summed E-state index contributed by atoms with van der Waals surface area (Å²) < 4.78 is 1.17. The molecule has 1 aliphatic heterocycles. The highest BCUT2D eigenvalue weighted by atomic mass is 32.1. The molecule has 1 saturated heterocycles. The Morgan fingerprint density at radius 3 is 3.04 bits per heavy atom. The molecule has 2 aromatic heterocycles. The molecule has 1 N–H and O–H groups in total. The van der Waals surface area contributed by atoms with Crippen molar-refractivity contribution in [1.82, 2.24) is 14.9 Å². The Hall–Kier alpha value is -1.99. The molecule has 5 nitrogen and oxygen atoms in total. The summed E-state index contributed by atoms with van der Waals surface area (Å²) in [7, 11) is 0. The maximum Gasteiger partial charge on any atom is 0.324 e. The molecule has 1 aromatic carbocycles. The Bertz CT molecular complexity index is 839. The summed E-state index contributed by atoms with van der Waals surface area (Å²) in [5.41, 5.74) is 1.01. The van der Waals surface area contributed by atoms with Crippen LogP contribution in [0.25, 0.3) is 10.2 Å². The second-order valence-electron chi connectivity index (χ2n) is 5.79.